The van der Waals surface area contributed by atoms with E-state index in [9.17, 15) is 0 Å². The van der Waals surface area contributed by atoms with Crippen molar-refractivity contribution in [3.8, 4) is 0 Å². The Bertz CT molecular complexity index is 616. The highest BCUT2D eigenvalue weighted by Crippen LogP contribution is 2.21. The number of aromatic nitrogens is 2. The molecular weight excluding hydrogens is 332 g/mol. The summed E-state index contributed by atoms with van der Waals surface area (Å²) in [5.41, 5.74) is 3.08. The summed E-state index contributed by atoms with van der Waals surface area (Å²) in [4.78, 5) is 4.47. The maximum Gasteiger partial charge on any atom is 0.123 e. The van der Waals surface area contributed by atoms with Crippen molar-refractivity contribution in [2.24, 2.45) is 0 Å². The average Bonchev–Trinajstić information content (AvgIpc) is 2.70. The molecule has 0 aliphatic carbocycles. The lowest BCUT2D eigenvalue weighted by molar-refractivity contribution is 0.0898. The SMILES string of the molecule is C=Cc1cc2nc(Br)ccc2n1COCC[Si](C)(C)C. The molecule has 2 rings (SSSR count). The number of ether oxygens (including phenoxy) is 1. The molecule has 0 aliphatic rings. The molecule has 0 radical (unpaired) electrons. The van der Waals surface area contributed by atoms with E-state index >= 15 is 0 Å². The number of nitrogens with zero attached hydrogens (tertiary/aromatic N) is 2. The third-order valence-corrected chi connectivity index (χ3v) is 5.33. The van der Waals surface area contributed by atoms with Gasteiger partial charge in [0.25, 0.3) is 0 Å². The Morgan fingerprint density at radius 2 is 2.15 bits per heavy atom. The smallest absolute Gasteiger partial charge is 0.123 e. The van der Waals surface area contributed by atoms with Gasteiger partial charge in [-0.3, -0.25) is 0 Å². The molecule has 0 amide bonds. The lowest BCUT2D eigenvalue weighted by atomic mass is 10.4. The van der Waals surface area contributed by atoms with Gasteiger partial charge in [-0.25, -0.2) is 4.98 Å². The molecule has 0 aromatic carbocycles. The normalized spacial score (nSPS) is 12.0. The van der Waals surface area contributed by atoms with E-state index in [0.29, 0.717) is 6.73 Å². The fourth-order valence-electron chi connectivity index (χ4n) is 1.98. The van der Waals surface area contributed by atoms with Gasteiger partial charge in [-0.15, -0.1) is 0 Å². The second-order valence-electron chi connectivity index (χ2n) is 6.09. The zero-order valence-corrected chi connectivity index (χ0v) is 14.9. The molecule has 0 spiro atoms. The van der Waals surface area contributed by atoms with Crippen LogP contribution >= 0.6 is 15.9 Å². The first-order chi connectivity index (χ1) is 9.40. The zero-order valence-electron chi connectivity index (χ0n) is 12.3. The standard InChI is InChI=1S/C15H21BrN2OSi/c1-5-12-10-13-14(6-7-15(16)17-13)18(12)11-19-8-9-20(2,3)4/h5-7,10H,1,8-9,11H2,2-4H3. The molecule has 0 saturated carbocycles. The van der Waals surface area contributed by atoms with Gasteiger partial charge in [-0.2, -0.15) is 0 Å². The first-order valence-electron chi connectivity index (χ1n) is 6.77. The Morgan fingerprint density at radius 1 is 1.40 bits per heavy atom. The summed E-state index contributed by atoms with van der Waals surface area (Å²) < 4.78 is 8.81. The van der Waals surface area contributed by atoms with Gasteiger partial charge in [0.15, 0.2) is 0 Å². The molecule has 3 nitrogen and oxygen atoms in total. The van der Waals surface area contributed by atoms with Gasteiger partial charge in [-0.05, 0) is 46.2 Å². The number of rotatable bonds is 6. The largest absolute Gasteiger partial charge is 0.361 e. The van der Waals surface area contributed by atoms with Crippen LogP contribution in [0.3, 0.4) is 0 Å². The predicted molar refractivity (Wildman–Crippen MR) is 91.6 cm³/mol. The van der Waals surface area contributed by atoms with Crippen LogP contribution in [0.15, 0.2) is 29.4 Å². The fraction of sp³-hybridized carbons (Fsp3) is 0.400. The second kappa shape index (κ2) is 6.24. The first kappa shape index (κ1) is 15.5. The molecule has 0 saturated heterocycles. The molecule has 0 N–H and O–H groups in total. The molecule has 5 heteroatoms. The maximum atomic E-state index is 5.85. The molecule has 108 valence electrons. The summed E-state index contributed by atoms with van der Waals surface area (Å²) in [6.07, 6.45) is 1.84. The van der Waals surface area contributed by atoms with Crippen LogP contribution in [0.2, 0.25) is 25.7 Å². The van der Waals surface area contributed by atoms with Crippen molar-refractivity contribution < 1.29 is 4.74 Å². The molecule has 0 unspecified atom stereocenters. The minimum absolute atomic E-state index is 0.554. The highest BCUT2D eigenvalue weighted by Gasteiger charge is 2.13. The molecule has 2 aromatic heterocycles. The van der Waals surface area contributed by atoms with E-state index in [-0.39, 0.29) is 0 Å². The van der Waals surface area contributed by atoms with Crippen LogP contribution in [-0.4, -0.2) is 24.2 Å². The summed E-state index contributed by atoms with van der Waals surface area (Å²) in [5, 5.41) is 0. The van der Waals surface area contributed by atoms with Gasteiger partial charge in [0, 0.05) is 20.4 Å². The first-order valence-corrected chi connectivity index (χ1v) is 11.3. The maximum absolute atomic E-state index is 5.85. The molecule has 2 aromatic rings. The number of fused-ring (bicyclic) bond motifs is 1. The van der Waals surface area contributed by atoms with Crippen LogP contribution in [0.1, 0.15) is 5.69 Å². The van der Waals surface area contributed by atoms with Crippen molar-refractivity contribution in [2.45, 2.75) is 32.4 Å². The number of pyridine rings is 1. The van der Waals surface area contributed by atoms with Crippen LogP contribution in [0.4, 0.5) is 0 Å². The average molecular weight is 353 g/mol. The lowest BCUT2D eigenvalue weighted by Gasteiger charge is -2.16. The molecule has 2 heterocycles. The summed E-state index contributed by atoms with van der Waals surface area (Å²) in [6, 6.07) is 7.23. The summed E-state index contributed by atoms with van der Waals surface area (Å²) in [6.45, 7) is 12.3. The number of hydrogen-bond donors (Lipinski definition) is 0. The Labute approximate surface area is 129 Å². The van der Waals surface area contributed by atoms with Gasteiger partial charge in [0.2, 0.25) is 0 Å². The third-order valence-electron chi connectivity index (χ3n) is 3.18. The van der Waals surface area contributed by atoms with E-state index in [1.807, 2.05) is 18.2 Å². The number of halogens is 1. The number of hydrogen-bond acceptors (Lipinski definition) is 2. The van der Waals surface area contributed by atoms with Crippen molar-refractivity contribution in [3.05, 3.63) is 35.1 Å². The monoisotopic (exact) mass is 352 g/mol. The molecule has 0 aliphatic heterocycles. The van der Waals surface area contributed by atoms with E-state index in [1.54, 1.807) is 0 Å². The van der Waals surface area contributed by atoms with E-state index < -0.39 is 8.07 Å². The molecule has 0 bridgehead atoms. The van der Waals surface area contributed by atoms with Gasteiger partial charge >= 0.3 is 0 Å². The zero-order chi connectivity index (χ0) is 14.8. The van der Waals surface area contributed by atoms with E-state index in [4.69, 9.17) is 4.74 Å². The van der Waals surface area contributed by atoms with Crippen LogP contribution in [0.5, 0.6) is 0 Å². The molecular formula is C15H21BrN2OSi. The van der Waals surface area contributed by atoms with Crippen LogP contribution in [0, 0.1) is 0 Å². The molecule has 20 heavy (non-hydrogen) atoms. The molecule has 0 atom stereocenters. The minimum atomic E-state index is -1.04. The van der Waals surface area contributed by atoms with Gasteiger partial charge in [0.1, 0.15) is 11.3 Å². The second-order valence-corrected chi connectivity index (χ2v) is 12.5. The summed E-state index contributed by atoms with van der Waals surface area (Å²) in [7, 11) is -1.04. The fourth-order valence-corrected chi connectivity index (χ4v) is 3.06. The van der Waals surface area contributed by atoms with Crippen molar-refractivity contribution in [1.29, 1.82) is 0 Å². The highest BCUT2D eigenvalue weighted by atomic mass is 79.9. The summed E-state index contributed by atoms with van der Waals surface area (Å²) in [5.74, 6) is 0. The highest BCUT2D eigenvalue weighted by molar-refractivity contribution is 9.10. The topological polar surface area (TPSA) is 27.1 Å². The van der Waals surface area contributed by atoms with Gasteiger partial charge in [0.05, 0.1) is 11.0 Å². The van der Waals surface area contributed by atoms with Crippen molar-refractivity contribution in [2.75, 3.05) is 6.61 Å². The quantitative estimate of drug-likeness (QED) is 0.426. The Hall–Kier alpha value is -0.913. The minimum Gasteiger partial charge on any atom is -0.361 e. The van der Waals surface area contributed by atoms with E-state index in [2.05, 4.69) is 57.8 Å². The van der Waals surface area contributed by atoms with Crippen molar-refractivity contribution >= 4 is 41.1 Å². The van der Waals surface area contributed by atoms with Crippen LogP contribution < -0.4 is 0 Å². The lowest BCUT2D eigenvalue weighted by Crippen LogP contribution is -2.22. The summed E-state index contributed by atoms with van der Waals surface area (Å²) >= 11 is 3.40. The Balaban J connectivity index is 2.14. The predicted octanol–water partition coefficient (Wildman–Crippen LogP) is 4.75. The van der Waals surface area contributed by atoms with E-state index in [1.165, 1.54) is 6.04 Å². The third kappa shape index (κ3) is 3.81. The van der Waals surface area contributed by atoms with Crippen molar-refractivity contribution in [1.82, 2.24) is 9.55 Å². The van der Waals surface area contributed by atoms with Gasteiger partial charge in [-0.1, -0.05) is 26.2 Å². The Kier molecular flexibility index (Phi) is 4.83. The van der Waals surface area contributed by atoms with E-state index in [0.717, 1.165) is 27.9 Å². The molecule has 0 fully saturated rings. The Morgan fingerprint density at radius 3 is 2.80 bits per heavy atom. The van der Waals surface area contributed by atoms with Crippen molar-refractivity contribution in [3.63, 3.8) is 0 Å². The van der Waals surface area contributed by atoms with Crippen LogP contribution in [-0.2, 0) is 11.5 Å². The van der Waals surface area contributed by atoms with Gasteiger partial charge < -0.3 is 9.30 Å². The van der Waals surface area contributed by atoms with Crippen LogP contribution in [0.25, 0.3) is 17.1 Å².